The molecule has 3 heterocycles. The maximum atomic E-state index is 5.69. The molecule has 1 aromatic heterocycles. The van der Waals surface area contributed by atoms with Crippen LogP contribution < -0.4 is 4.90 Å². The molecule has 2 aliphatic rings. The lowest BCUT2D eigenvalue weighted by Crippen LogP contribution is -2.36. The summed E-state index contributed by atoms with van der Waals surface area (Å²) in [4.78, 5) is 2.33. The zero-order chi connectivity index (χ0) is 17.1. The van der Waals surface area contributed by atoms with Crippen molar-refractivity contribution in [1.82, 2.24) is 14.9 Å². The first-order valence-electron chi connectivity index (χ1n) is 8.57. The quantitative estimate of drug-likeness (QED) is 0.671. The van der Waals surface area contributed by atoms with E-state index in [1.165, 1.54) is 5.69 Å². The van der Waals surface area contributed by atoms with Gasteiger partial charge in [0.2, 0.25) is 4.77 Å². The Morgan fingerprint density at radius 3 is 2.72 bits per heavy atom. The van der Waals surface area contributed by atoms with Crippen molar-refractivity contribution in [2.75, 3.05) is 37.8 Å². The zero-order valence-electron chi connectivity index (χ0n) is 13.9. The Bertz CT molecular complexity index is 786. The highest BCUT2D eigenvalue weighted by molar-refractivity contribution is 7.71. The van der Waals surface area contributed by atoms with Gasteiger partial charge in [0, 0.05) is 25.4 Å². The number of H-pyrrole nitrogens is 1. The number of aromatic nitrogens is 3. The predicted molar refractivity (Wildman–Crippen MR) is 97.8 cm³/mol. The average Bonchev–Trinajstić information content (AvgIpc) is 3.31. The molecule has 25 heavy (non-hydrogen) atoms. The average molecular weight is 359 g/mol. The zero-order valence-corrected chi connectivity index (χ0v) is 14.7. The molecule has 2 aromatic rings. The molecule has 1 atom stereocenters. The smallest absolute Gasteiger partial charge is 0.216 e. The number of aromatic amines is 1. The summed E-state index contributed by atoms with van der Waals surface area (Å²) in [5.41, 5.74) is 2.22. The van der Waals surface area contributed by atoms with Crippen molar-refractivity contribution in [3.8, 4) is 0 Å². The van der Waals surface area contributed by atoms with Crippen molar-refractivity contribution < 1.29 is 9.47 Å². The topological polar surface area (TPSA) is 67.7 Å². The van der Waals surface area contributed by atoms with Gasteiger partial charge >= 0.3 is 0 Å². The van der Waals surface area contributed by atoms with E-state index < -0.39 is 0 Å². The monoisotopic (exact) mass is 359 g/mol. The SMILES string of the molecule is S=c1[nH]nc([C@H]2CCCO2)n1/N=C\c1ccc(N2CCOCC2)cc1. The highest BCUT2D eigenvalue weighted by Crippen LogP contribution is 2.27. The van der Waals surface area contributed by atoms with E-state index >= 15 is 0 Å². The Labute approximate surface area is 151 Å². The summed E-state index contributed by atoms with van der Waals surface area (Å²) in [6.07, 6.45) is 3.75. The van der Waals surface area contributed by atoms with E-state index in [0.717, 1.165) is 57.1 Å². The minimum Gasteiger partial charge on any atom is -0.378 e. The number of ether oxygens (including phenoxy) is 2. The van der Waals surface area contributed by atoms with Gasteiger partial charge in [-0.25, -0.2) is 0 Å². The van der Waals surface area contributed by atoms with E-state index in [-0.39, 0.29) is 6.10 Å². The highest BCUT2D eigenvalue weighted by atomic mass is 32.1. The second-order valence-corrected chi connectivity index (χ2v) is 6.52. The molecule has 0 unspecified atom stereocenters. The van der Waals surface area contributed by atoms with Crippen LogP contribution in [0.4, 0.5) is 5.69 Å². The molecule has 7 nitrogen and oxygen atoms in total. The van der Waals surface area contributed by atoms with Gasteiger partial charge in [-0.2, -0.15) is 14.9 Å². The molecule has 1 N–H and O–H groups in total. The number of rotatable bonds is 4. The standard InChI is InChI=1S/C17H21N5O2S/c25-17-20-19-16(15-2-1-9-24-15)22(17)18-12-13-3-5-14(6-4-13)21-7-10-23-11-8-21/h3-6,12,15H,1-2,7-11H2,(H,20,25)/b18-12-/t15-/m1/s1. The molecular weight excluding hydrogens is 338 g/mol. The third-order valence-electron chi connectivity index (χ3n) is 4.48. The van der Waals surface area contributed by atoms with Crippen LogP contribution in [0.5, 0.6) is 0 Å². The maximum absolute atomic E-state index is 5.69. The summed E-state index contributed by atoms with van der Waals surface area (Å²) in [5.74, 6) is 0.740. The van der Waals surface area contributed by atoms with Crippen molar-refractivity contribution in [2.24, 2.45) is 5.10 Å². The second-order valence-electron chi connectivity index (χ2n) is 6.14. The Hall–Kier alpha value is -2.03. The third kappa shape index (κ3) is 3.65. The highest BCUT2D eigenvalue weighted by Gasteiger charge is 2.23. The Kier molecular flexibility index (Phi) is 4.91. The summed E-state index contributed by atoms with van der Waals surface area (Å²) >= 11 is 5.29. The first-order chi connectivity index (χ1) is 12.3. The van der Waals surface area contributed by atoms with Gasteiger partial charge in [-0.1, -0.05) is 12.1 Å². The molecule has 2 aliphatic heterocycles. The van der Waals surface area contributed by atoms with Gasteiger partial charge in [-0.3, -0.25) is 5.10 Å². The van der Waals surface area contributed by atoms with Gasteiger partial charge in [0.25, 0.3) is 0 Å². The summed E-state index contributed by atoms with van der Waals surface area (Å²) in [7, 11) is 0. The lowest BCUT2D eigenvalue weighted by molar-refractivity contribution is 0.102. The third-order valence-corrected chi connectivity index (χ3v) is 4.75. The van der Waals surface area contributed by atoms with Gasteiger partial charge in [-0.15, -0.1) is 0 Å². The van der Waals surface area contributed by atoms with Crippen molar-refractivity contribution in [3.63, 3.8) is 0 Å². The normalized spacial score (nSPS) is 21.3. The minimum absolute atomic E-state index is 0.0335. The Morgan fingerprint density at radius 2 is 2.00 bits per heavy atom. The van der Waals surface area contributed by atoms with E-state index in [1.807, 2.05) is 0 Å². The maximum Gasteiger partial charge on any atom is 0.216 e. The first-order valence-corrected chi connectivity index (χ1v) is 8.98. The molecule has 0 amide bonds. The molecule has 2 fully saturated rings. The number of nitrogens with one attached hydrogen (secondary N) is 1. The van der Waals surface area contributed by atoms with Crippen LogP contribution in [0.15, 0.2) is 29.4 Å². The van der Waals surface area contributed by atoms with Crippen LogP contribution in [0.2, 0.25) is 0 Å². The number of hydrogen-bond donors (Lipinski definition) is 1. The van der Waals surface area contributed by atoms with E-state index in [9.17, 15) is 0 Å². The van der Waals surface area contributed by atoms with E-state index in [0.29, 0.717) is 4.77 Å². The van der Waals surface area contributed by atoms with E-state index in [2.05, 4.69) is 44.5 Å². The molecule has 4 rings (SSSR count). The summed E-state index contributed by atoms with van der Waals surface area (Å²) in [5, 5.41) is 11.6. The Morgan fingerprint density at radius 1 is 1.20 bits per heavy atom. The number of anilines is 1. The van der Waals surface area contributed by atoms with Crippen LogP contribution >= 0.6 is 12.2 Å². The van der Waals surface area contributed by atoms with Crippen LogP contribution in [-0.2, 0) is 9.47 Å². The van der Waals surface area contributed by atoms with Crippen LogP contribution in [0.3, 0.4) is 0 Å². The van der Waals surface area contributed by atoms with Crippen molar-refractivity contribution in [1.29, 1.82) is 0 Å². The molecule has 0 spiro atoms. The number of nitrogens with zero attached hydrogens (tertiary/aromatic N) is 4. The summed E-state index contributed by atoms with van der Waals surface area (Å²) in [6, 6.07) is 8.35. The molecule has 0 bridgehead atoms. The van der Waals surface area contributed by atoms with Gasteiger partial charge < -0.3 is 14.4 Å². The van der Waals surface area contributed by atoms with E-state index in [4.69, 9.17) is 21.7 Å². The van der Waals surface area contributed by atoms with Crippen LogP contribution in [0.25, 0.3) is 0 Å². The minimum atomic E-state index is -0.0335. The molecule has 0 aliphatic carbocycles. The molecule has 2 saturated heterocycles. The molecular formula is C17H21N5O2S. The molecule has 0 radical (unpaired) electrons. The molecule has 132 valence electrons. The van der Waals surface area contributed by atoms with Crippen LogP contribution in [-0.4, -0.2) is 54.0 Å². The summed E-state index contributed by atoms with van der Waals surface area (Å²) < 4.78 is 13.2. The van der Waals surface area contributed by atoms with Crippen molar-refractivity contribution in [2.45, 2.75) is 18.9 Å². The van der Waals surface area contributed by atoms with Crippen molar-refractivity contribution in [3.05, 3.63) is 40.4 Å². The number of benzene rings is 1. The van der Waals surface area contributed by atoms with Crippen LogP contribution in [0, 0.1) is 4.77 Å². The summed E-state index contributed by atoms with van der Waals surface area (Å²) in [6.45, 7) is 4.20. The molecule has 1 aromatic carbocycles. The fourth-order valence-electron chi connectivity index (χ4n) is 3.12. The Balaban J connectivity index is 1.50. The van der Waals surface area contributed by atoms with Gasteiger partial charge in [0.05, 0.1) is 19.4 Å². The van der Waals surface area contributed by atoms with Gasteiger partial charge in [-0.05, 0) is 42.8 Å². The number of morpholine rings is 1. The van der Waals surface area contributed by atoms with Gasteiger partial charge in [0.1, 0.15) is 6.10 Å². The van der Waals surface area contributed by atoms with E-state index in [1.54, 1.807) is 10.9 Å². The fourth-order valence-corrected chi connectivity index (χ4v) is 3.31. The fraction of sp³-hybridized carbons (Fsp3) is 0.471. The first kappa shape index (κ1) is 16.4. The number of hydrogen-bond acceptors (Lipinski definition) is 6. The van der Waals surface area contributed by atoms with Crippen molar-refractivity contribution >= 4 is 24.1 Å². The second kappa shape index (κ2) is 7.47. The lowest BCUT2D eigenvalue weighted by Gasteiger charge is -2.28. The van der Waals surface area contributed by atoms with Crippen LogP contribution in [0.1, 0.15) is 30.3 Å². The van der Waals surface area contributed by atoms with Gasteiger partial charge in [0.15, 0.2) is 5.82 Å². The lowest BCUT2D eigenvalue weighted by atomic mass is 10.2. The molecule has 8 heteroatoms. The largest absolute Gasteiger partial charge is 0.378 e. The molecule has 0 saturated carbocycles. The predicted octanol–water partition coefficient (Wildman–Crippen LogP) is 2.51.